The highest BCUT2D eigenvalue weighted by Crippen LogP contribution is 2.26. The first-order valence-corrected chi connectivity index (χ1v) is 9.68. The maximum Gasteiger partial charge on any atom is 0.252 e. The van der Waals surface area contributed by atoms with E-state index in [1.807, 2.05) is 13.1 Å². The first-order chi connectivity index (χ1) is 9.95. The number of rotatable bonds is 6. The molecule has 0 atom stereocenters. The van der Waals surface area contributed by atoms with Gasteiger partial charge in [0.2, 0.25) is 0 Å². The predicted octanol–water partition coefficient (Wildman–Crippen LogP) is 1.22. The van der Waals surface area contributed by atoms with E-state index in [1.54, 1.807) is 10.4 Å². The van der Waals surface area contributed by atoms with Crippen LogP contribution in [-0.2, 0) is 16.4 Å². The maximum absolute atomic E-state index is 12.7. The van der Waals surface area contributed by atoms with Crippen LogP contribution in [0, 0.1) is 0 Å². The lowest BCUT2D eigenvalue weighted by molar-refractivity contribution is 0.154. The Morgan fingerprint density at radius 1 is 1.24 bits per heavy atom. The Hall–Kier alpha value is -0.470. The molecule has 0 radical (unpaired) electrons. The summed E-state index contributed by atoms with van der Waals surface area (Å²) in [6, 6.07) is 4.16. The second-order valence-corrected chi connectivity index (χ2v) is 8.94. The van der Waals surface area contributed by atoms with Crippen LogP contribution in [0.1, 0.15) is 18.7 Å². The zero-order chi connectivity index (χ0) is 15.5. The molecule has 120 valence electrons. The van der Waals surface area contributed by atoms with Gasteiger partial charge in [0.1, 0.15) is 4.21 Å². The van der Waals surface area contributed by atoms with Crippen LogP contribution in [0.2, 0.25) is 0 Å². The number of nitrogens with one attached hydrogen (secondary N) is 1. The molecule has 1 fully saturated rings. The third kappa shape index (κ3) is 4.04. The van der Waals surface area contributed by atoms with E-state index in [0.29, 0.717) is 23.3 Å². The van der Waals surface area contributed by atoms with Crippen LogP contribution in [0.5, 0.6) is 0 Å². The van der Waals surface area contributed by atoms with Crippen molar-refractivity contribution in [1.82, 2.24) is 14.5 Å². The van der Waals surface area contributed by atoms with Crippen molar-refractivity contribution in [2.45, 2.75) is 30.5 Å². The summed E-state index contributed by atoms with van der Waals surface area (Å²) >= 11 is 1.40. The van der Waals surface area contributed by atoms with E-state index in [-0.39, 0.29) is 0 Å². The van der Waals surface area contributed by atoms with Crippen LogP contribution < -0.4 is 5.32 Å². The van der Waals surface area contributed by atoms with E-state index in [0.717, 1.165) is 30.9 Å². The van der Waals surface area contributed by atoms with Gasteiger partial charge in [0.05, 0.1) is 0 Å². The minimum atomic E-state index is -3.31. The van der Waals surface area contributed by atoms with E-state index >= 15 is 0 Å². The van der Waals surface area contributed by atoms with Gasteiger partial charge in [0, 0.05) is 37.1 Å². The summed E-state index contributed by atoms with van der Waals surface area (Å²) in [5.74, 6) is 0. The van der Waals surface area contributed by atoms with Crippen molar-refractivity contribution in [2.75, 3.05) is 39.8 Å². The molecule has 1 aromatic heterocycles. The molecular formula is C14H25N3O2S2. The molecule has 5 nitrogen and oxygen atoms in total. The first-order valence-electron chi connectivity index (χ1n) is 7.42. The topological polar surface area (TPSA) is 52.7 Å². The summed E-state index contributed by atoms with van der Waals surface area (Å²) in [6.45, 7) is 7.97. The Morgan fingerprint density at radius 3 is 2.48 bits per heavy atom. The van der Waals surface area contributed by atoms with E-state index in [9.17, 15) is 8.42 Å². The number of piperazine rings is 1. The molecule has 0 bridgehead atoms. The lowest BCUT2D eigenvalue weighted by Crippen LogP contribution is -2.50. The Morgan fingerprint density at radius 2 is 1.90 bits per heavy atom. The molecular weight excluding hydrogens is 306 g/mol. The molecule has 0 unspecified atom stereocenters. The fourth-order valence-electron chi connectivity index (χ4n) is 2.47. The van der Waals surface area contributed by atoms with E-state index in [2.05, 4.69) is 24.1 Å². The number of nitrogens with zero attached hydrogens (tertiary/aromatic N) is 2. The van der Waals surface area contributed by atoms with Crippen molar-refractivity contribution >= 4 is 21.4 Å². The van der Waals surface area contributed by atoms with Gasteiger partial charge < -0.3 is 5.32 Å². The maximum atomic E-state index is 12.7. The average Bonchev–Trinajstić information content (AvgIpc) is 2.94. The van der Waals surface area contributed by atoms with E-state index in [1.165, 1.54) is 11.3 Å². The standard InChI is InChI=1S/C14H25N3O2S2/c1-12(2)16-8-10-17(11-9-16)21(18,19)14-5-4-13(20-14)6-7-15-3/h4-5,12,15H,6-11H2,1-3H3. The van der Waals surface area contributed by atoms with Gasteiger partial charge in [-0.3, -0.25) is 4.90 Å². The minimum Gasteiger partial charge on any atom is -0.319 e. The van der Waals surface area contributed by atoms with Crippen LogP contribution in [-0.4, -0.2) is 63.4 Å². The third-order valence-corrected chi connectivity index (χ3v) is 7.37. The summed E-state index contributed by atoms with van der Waals surface area (Å²) in [5, 5.41) is 3.08. The molecule has 0 aliphatic carbocycles. The van der Waals surface area contributed by atoms with Gasteiger partial charge in [0.25, 0.3) is 10.0 Å². The molecule has 0 spiro atoms. The Bertz CT molecular complexity index is 546. The van der Waals surface area contributed by atoms with Gasteiger partial charge >= 0.3 is 0 Å². The largest absolute Gasteiger partial charge is 0.319 e. The monoisotopic (exact) mass is 331 g/mol. The zero-order valence-corrected chi connectivity index (χ0v) is 14.6. The highest BCUT2D eigenvalue weighted by Gasteiger charge is 2.30. The molecule has 1 aliphatic rings. The van der Waals surface area contributed by atoms with E-state index < -0.39 is 10.0 Å². The quantitative estimate of drug-likeness (QED) is 0.852. The van der Waals surface area contributed by atoms with Gasteiger partial charge in [-0.1, -0.05) is 0 Å². The van der Waals surface area contributed by atoms with Gasteiger partial charge in [-0.05, 0) is 46.0 Å². The highest BCUT2D eigenvalue weighted by molar-refractivity contribution is 7.91. The molecule has 0 amide bonds. The van der Waals surface area contributed by atoms with Gasteiger partial charge in [-0.2, -0.15) is 4.31 Å². The molecule has 2 heterocycles. The molecule has 2 rings (SSSR count). The summed E-state index contributed by atoms with van der Waals surface area (Å²) in [6.07, 6.45) is 0.873. The van der Waals surface area contributed by atoms with Crippen molar-refractivity contribution in [3.8, 4) is 0 Å². The van der Waals surface area contributed by atoms with Crippen molar-refractivity contribution in [1.29, 1.82) is 0 Å². The molecule has 1 saturated heterocycles. The normalized spacial score (nSPS) is 18.5. The summed E-state index contributed by atoms with van der Waals surface area (Å²) < 4.78 is 27.4. The average molecular weight is 332 g/mol. The molecule has 1 N–H and O–H groups in total. The molecule has 7 heteroatoms. The number of likely N-dealkylation sites (N-methyl/N-ethyl adjacent to an activating group) is 1. The lowest BCUT2D eigenvalue weighted by Gasteiger charge is -2.35. The Balaban J connectivity index is 2.03. The van der Waals surface area contributed by atoms with Gasteiger partial charge in [-0.25, -0.2) is 8.42 Å². The third-order valence-electron chi connectivity index (χ3n) is 3.86. The summed E-state index contributed by atoms with van der Waals surface area (Å²) in [4.78, 5) is 3.43. The van der Waals surface area contributed by atoms with E-state index in [4.69, 9.17) is 0 Å². The van der Waals surface area contributed by atoms with Crippen LogP contribution in [0.25, 0.3) is 0 Å². The predicted molar refractivity (Wildman–Crippen MR) is 87.4 cm³/mol. The smallest absolute Gasteiger partial charge is 0.252 e. The second-order valence-electron chi connectivity index (χ2n) is 5.61. The van der Waals surface area contributed by atoms with Crippen molar-refractivity contribution in [3.63, 3.8) is 0 Å². The minimum absolute atomic E-state index is 0.477. The number of thiophene rings is 1. The second kappa shape index (κ2) is 7.19. The van der Waals surface area contributed by atoms with Crippen LogP contribution in [0.4, 0.5) is 0 Å². The molecule has 21 heavy (non-hydrogen) atoms. The van der Waals surface area contributed by atoms with Crippen molar-refractivity contribution in [3.05, 3.63) is 17.0 Å². The molecule has 1 aliphatic heterocycles. The molecule has 0 saturated carbocycles. The molecule has 0 aromatic carbocycles. The summed E-state index contributed by atoms with van der Waals surface area (Å²) in [7, 11) is -1.41. The van der Waals surface area contributed by atoms with Crippen LogP contribution in [0.15, 0.2) is 16.3 Å². The first kappa shape index (κ1) is 16.9. The lowest BCUT2D eigenvalue weighted by atomic mass is 10.3. The summed E-state index contributed by atoms with van der Waals surface area (Å²) in [5.41, 5.74) is 0. The van der Waals surface area contributed by atoms with Gasteiger partial charge in [-0.15, -0.1) is 11.3 Å². The zero-order valence-electron chi connectivity index (χ0n) is 13.0. The van der Waals surface area contributed by atoms with Crippen molar-refractivity contribution < 1.29 is 8.42 Å². The van der Waals surface area contributed by atoms with Crippen LogP contribution in [0.3, 0.4) is 0 Å². The SMILES string of the molecule is CNCCc1ccc(S(=O)(=O)N2CCN(C(C)C)CC2)s1. The Labute approximate surface area is 132 Å². The van der Waals surface area contributed by atoms with Crippen LogP contribution >= 0.6 is 11.3 Å². The fraction of sp³-hybridized carbons (Fsp3) is 0.714. The number of hydrogen-bond donors (Lipinski definition) is 1. The number of sulfonamides is 1. The highest BCUT2D eigenvalue weighted by atomic mass is 32.2. The fourth-order valence-corrected chi connectivity index (χ4v) is 5.40. The van der Waals surface area contributed by atoms with Crippen molar-refractivity contribution in [2.24, 2.45) is 0 Å². The van der Waals surface area contributed by atoms with Gasteiger partial charge in [0.15, 0.2) is 0 Å². The Kier molecular flexibility index (Phi) is 5.79. The number of hydrogen-bond acceptors (Lipinski definition) is 5. The molecule has 1 aromatic rings.